The Kier molecular flexibility index (Phi) is 4.11. The van der Waals surface area contributed by atoms with E-state index in [1.54, 1.807) is 11.3 Å². The second-order valence-corrected chi connectivity index (χ2v) is 5.90. The fourth-order valence-electron chi connectivity index (χ4n) is 2.34. The monoisotopic (exact) mass is 286 g/mol. The highest BCUT2D eigenvalue weighted by molar-refractivity contribution is 7.15. The van der Waals surface area contributed by atoms with Crippen molar-refractivity contribution in [2.24, 2.45) is 4.99 Å². The van der Waals surface area contributed by atoms with Gasteiger partial charge < -0.3 is 4.74 Å². The summed E-state index contributed by atoms with van der Waals surface area (Å²) >= 11 is 1.73. The largest absolute Gasteiger partial charge is 0.494 e. The molecule has 1 aliphatic carbocycles. The molecule has 4 heteroatoms. The molecule has 3 rings (SSSR count). The van der Waals surface area contributed by atoms with E-state index in [1.807, 2.05) is 37.4 Å². The van der Waals surface area contributed by atoms with Crippen molar-refractivity contribution in [2.45, 2.75) is 32.6 Å². The van der Waals surface area contributed by atoms with Crippen molar-refractivity contribution in [1.82, 2.24) is 4.98 Å². The maximum Gasteiger partial charge on any atom is 0.209 e. The molecule has 1 aromatic heterocycles. The van der Waals surface area contributed by atoms with Crippen LogP contribution in [0.4, 0.5) is 5.13 Å². The van der Waals surface area contributed by atoms with Gasteiger partial charge in [-0.15, -0.1) is 0 Å². The fourth-order valence-corrected chi connectivity index (χ4v) is 3.33. The van der Waals surface area contributed by atoms with Crippen LogP contribution in [0.2, 0.25) is 0 Å². The number of aromatic nitrogens is 1. The maximum absolute atomic E-state index is 5.42. The lowest BCUT2D eigenvalue weighted by Gasteiger charge is -2.06. The summed E-state index contributed by atoms with van der Waals surface area (Å²) in [4.78, 5) is 10.5. The van der Waals surface area contributed by atoms with Crippen LogP contribution in [0, 0.1) is 0 Å². The average Bonchev–Trinajstić information content (AvgIpc) is 2.90. The van der Waals surface area contributed by atoms with Gasteiger partial charge >= 0.3 is 0 Å². The van der Waals surface area contributed by atoms with E-state index in [0.29, 0.717) is 6.61 Å². The van der Waals surface area contributed by atoms with Crippen LogP contribution in [0.3, 0.4) is 0 Å². The molecule has 0 radical (unpaired) electrons. The zero-order chi connectivity index (χ0) is 13.8. The van der Waals surface area contributed by atoms with E-state index in [2.05, 4.69) is 9.98 Å². The fraction of sp³-hybridized carbons (Fsp3) is 0.375. The maximum atomic E-state index is 5.42. The highest BCUT2D eigenvalue weighted by atomic mass is 32.1. The molecule has 0 unspecified atom stereocenters. The van der Waals surface area contributed by atoms with Crippen LogP contribution in [0.5, 0.6) is 5.75 Å². The molecule has 104 valence electrons. The van der Waals surface area contributed by atoms with Gasteiger partial charge in [0, 0.05) is 11.1 Å². The van der Waals surface area contributed by atoms with Crippen molar-refractivity contribution in [3.8, 4) is 5.75 Å². The quantitative estimate of drug-likeness (QED) is 0.790. The first-order valence-electron chi connectivity index (χ1n) is 7.10. The van der Waals surface area contributed by atoms with Gasteiger partial charge in [0.1, 0.15) is 5.75 Å². The van der Waals surface area contributed by atoms with Gasteiger partial charge in [-0.25, -0.2) is 9.98 Å². The van der Waals surface area contributed by atoms with Gasteiger partial charge in [0.2, 0.25) is 5.13 Å². The van der Waals surface area contributed by atoms with Gasteiger partial charge in [0.25, 0.3) is 0 Å². The summed E-state index contributed by atoms with van der Waals surface area (Å²) in [5.74, 6) is 0.898. The van der Waals surface area contributed by atoms with Crippen LogP contribution >= 0.6 is 11.3 Å². The molecule has 0 N–H and O–H groups in total. The third-order valence-corrected chi connectivity index (χ3v) is 4.41. The van der Waals surface area contributed by atoms with E-state index in [0.717, 1.165) is 22.9 Å². The normalized spacial score (nSPS) is 14.4. The third kappa shape index (κ3) is 3.07. The van der Waals surface area contributed by atoms with Gasteiger partial charge in [-0.2, -0.15) is 0 Å². The van der Waals surface area contributed by atoms with Gasteiger partial charge in [-0.3, -0.25) is 0 Å². The van der Waals surface area contributed by atoms with E-state index in [9.17, 15) is 0 Å². The first-order valence-corrected chi connectivity index (χ1v) is 7.92. The molecule has 0 spiro atoms. The van der Waals surface area contributed by atoms with Crippen LogP contribution in [-0.4, -0.2) is 17.8 Å². The van der Waals surface area contributed by atoms with Crippen molar-refractivity contribution in [2.75, 3.05) is 6.61 Å². The number of aryl methyl sites for hydroxylation is 2. The average molecular weight is 286 g/mol. The van der Waals surface area contributed by atoms with E-state index < -0.39 is 0 Å². The second kappa shape index (κ2) is 6.18. The number of hydrogen-bond acceptors (Lipinski definition) is 4. The van der Waals surface area contributed by atoms with Crippen molar-refractivity contribution in [1.29, 1.82) is 0 Å². The number of hydrogen-bond donors (Lipinski definition) is 0. The summed E-state index contributed by atoms with van der Waals surface area (Å²) in [6.45, 7) is 2.68. The first-order chi connectivity index (χ1) is 9.85. The number of fused-ring (bicyclic) bond motifs is 1. The highest BCUT2D eigenvalue weighted by Gasteiger charge is 2.14. The minimum atomic E-state index is 0.693. The van der Waals surface area contributed by atoms with Crippen LogP contribution in [0.25, 0.3) is 0 Å². The molecule has 0 aliphatic heterocycles. The first kappa shape index (κ1) is 13.3. The van der Waals surface area contributed by atoms with Gasteiger partial charge in [0.15, 0.2) is 0 Å². The van der Waals surface area contributed by atoms with Gasteiger partial charge in [0.05, 0.1) is 12.3 Å². The molecule has 0 amide bonds. The molecule has 0 bridgehead atoms. The summed E-state index contributed by atoms with van der Waals surface area (Å²) in [6.07, 6.45) is 6.71. The molecule has 0 saturated carbocycles. The van der Waals surface area contributed by atoms with E-state index in [1.165, 1.54) is 29.8 Å². The molecule has 0 saturated heterocycles. The Labute approximate surface area is 123 Å². The Bertz CT molecular complexity index is 578. The van der Waals surface area contributed by atoms with Crippen molar-refractivity contribution in [3.05, 3.63) is 40.4 Å². The van der Waals surface area contributed by atoms with Crippen molar-refractivity contribution < 1.29 is 4.74 Å². The van der Waals surface area contributed by atoms with Gasteiger partial charge in [-0.05, 0) is 62.4 Å². The third-order valence-electron chi connectivity index (χ3n) is 3.35. The van der Waals surface area contributed by atoms with Gasteiger partial charge in [-0.1, -0.05) is 11.3 Å². The van der Waals surface area contributed by atoms with Crippen LogP contribution in [0.1, 0.15) is 35.9 Å². The van der Waals surface area contributed by atoms with Crippen molar-refractivity contribution in [3.63, 3.8) is 0 Å². The number of ether oxygens (including phenoxy) is 1. The summed E-state index contributed by atoms with van der Waals surface area (Å²) in [5.41, 5.74) is 2.33. The topological polar surface area (TPSA) is 34.5 Å². The highest BCUT2D eigenvalue weighted by Crippen LogP contribution is 2.31. The second-order valence-electron chi connectivity index (χ2n) is 4.83. The molecule has 20 heavy (non-hydrogen) atoms. The molecular weight excluding hydrogens is 268 g/mol. The van der Waals surface area contributed by atoms with Crippen LogP contribution < -0.4 is 4.74 Å². The molecular formula is C16H18N2OS. The lowest BCUT2D eigenvalue weighted by atomic mass is 10.0. The zero-order valence-corrected chi connectivity index (χ0v) is 12.4. The Hall–Kier alpha value is -1.68. The molecule has 3 nitrogen and oxygen atoms in total. The summed E-state index contributed by atoms with van der Waals surface area (Å²) in [5, 5.41) is 0.880. The Balaban J connectivity index is 1.71. The number of thiazole rings is 1. The zero-order valence-electron chi connectivity index (χ0n) is 11.6. The Morgan fingerprint density at radius 1 is 1.25 bits per heavy atom. The number of nitrogens with zero attached hydrogens (tertiary/aromatic N) is 2. The molecule has 2 aromatic rings. The Morgan fingerprint density at radius 3 is 2.80 bits per heavy atom. The number of aliphatic imine (C=N–C) groups is 1. The minimum Gasteiger partial charge on any atom is -0.494 e. The molecule has 1 aliphatic rings. The number of benzene rings is 1. The lowest BCUT2D eigenvalue weighted by molar-refractivity contribution is 0.340. The standard InChI is InChI=1S/C16H18N2OS/c1-2-19-13-9-7-12(8-10-13)11-17-16-18-14-5-3-4-6-15(14)20-16/h7-11H,2-6H2,1H3. The van der Waals surface area contributed by atoms with Crippen LogP contribution in [-0.2, 0) is 12.8 Å². The molecule has 1 heterocycles. The van der Waals surface area contributed by atoms with E-state index in [-0.39, 0.29) is 0 Å². The lowest BCUT2D eigenvalue weighted by Crippen LogP contribution is -1.98. The number of rotatable bonds is 4. The van der Waals surface area contributed by atoms with Crippen molar-refractivity contribution >= 4 is 22.7 Å². The predicted octanol–water partition coefficient (Wildman–Crippen LogP) is 4.17. The molecule has 0 atom stereocenters. The van der Waals surface area contributed by atoms with Crippen LogP contribution in [0.15, 0.2) is 29.3 Å². The minimum absolute atomic E-state index is 0.693. The predicted molar refractivity (Wildman–Crippen MR) is 83.6 cm³/mol. The SMILES string of the molecule is CCOc1ccc(C=Nc2nc3c(s2)CCCC3)cc1. The van der Waals surface area contributed by atoms with E-state index >= 15 is 0 Å². The smallest absolute Gasteiger partial charge is 0.209 e. The Morgan fingerprint density at radius 2 is 2.05 bits per heavy atom. The molecule has 1 aromatic carbocycles. The molecule has 0 fully saturated rings. The summed E-state index contributed by atoms with van der Waals surface area (Å²) < 4.78 is 5.42. The summed E-state index contributed by atoms with van der Waals surface area (Å²) in [6, 6.07) is 7.97. The summed E-state index contributed by atoms with van der Waals surface area (Å²) in [7, 11) is 0. The van der Waals surface area contributed by atoms with E-state index in [4.69, 9.17) is 4.74 Å².